The SMILES string of the molecule is CCCCCCCCOCC(N)(C#N)c1ccccc1. The highest BCUT2D eigenvalue weighted by molar-refractivity contribution is 5.30. The van der Waals surface area contributed by atoms with Crippen molar-refractivity contribution in [1.82, 2.24) is 0 Å². The molecule has 1 aromatic carbocycles. The third-order valence-corrected chi connectivity index (χ3v) is 3.46. The van der Waals surface area contributed by atoms with E-state index in [1.54, 1.807) is 0 Å². The van der Waals surface area contributed by atoms with Crippen LogP contribution in [0.1, 0.15) is 51.0 Å². The van der Waals surface area contributed by atoms with E-state index in [1.807, 2.05) is 30.3 Å². The minimum Gasteiger partial charge on any atom is -0.378 e. The van der Waals surface area contributed by atoms with Gasteiger partial charge in [-0.2, -0.15) is 5.26 Å². The van der Waals surface area contributed by atoms with Gasteiger partial charge in [-0.05, 0) is 12.0 Å². The molecule has 0 aliphatic carbocycles. The first-order chi connectivity index (χ1) is 9.73. The first-order valence-electron chi connectivity index (χ1n) is 7.56. The number of rotatable bonds is 10. The zero-order chi connectivity index (χ0) is 14.7. The van der Waals surface area contributed by atoms with Crippen LogP contribution < -0.4 is 5.73 Å². The van der Waals surface area contributed by atoms with E-state index in [2.05, 4.69) is 13.0 Å². The van der Waals surface area contributed by atoms with Crippen molar-refractivity contribution in [1.29, 1.82) is 5.26 Å². The fourth-order valence-corrected chi connectivity index (χ4v) is 2.13. The standard InChI is InChI=1S/C17H26N2O/c1-2-3-4-5-6-10-13-20-15-17(19,14-18)16-11-8-7-9-12-16/h7-9,11-12H,2-6,10,13,15,19H2,1H3. The third kappa shape index (κ3) is 5.73. The Balaban J connectivity index is 2.24. The molecule has 1 aromatic rings. The number of nitriles is 1. The zero-order valence-corrected chi connectivity index (χ0v) is 12.5. The van der Waals surface area contributed by atoms with E-state index < -0.39 is 5.54 Å². The quantitative estimate of drug-likeness (QED) is 0.661. The molecular weight excluding hydrogens is 248 g/mol. The van der Waals surface area contributed by atoms with E-state index in [0.29, 0.717) is 6.61 Å². The molecule has 1 unspecified atom stereocenters. The molecule has 0 saturated carbocycles. The van der Waals surface area contributed by atoms with Gasteiger partial charge in [-0.1, -0.05) is 69.4 Å². The Morgan fingerprint density at radius 3 is 2.40 bits per heavy atom. The summed E-state index contributed by atoms with van der Waals surface area (Å²) >= 11 is 0. The smallest absolute Gasteiger partial charge is 0.153 e. The summed E-state index contributed by atoms with van der Waals surface area (Å²) in [6, 6.07) is 11.6. The van der Waals surface area contributed by atoms with Gasteiger partial charge in [0.2, 0.25) is 0 Å². The highest BCUT2D eigenvalue weighted by Crippen LogP contribution is 2.17. The monoisotopic (exact) mass is 274 g/mol. The lowest BCUT2D eigenvalue weighted by Gasteiger charge is -2.21. The van der Waals surface area contributed by atoms with Gasteiger partial charge in [0.05, 0.1) is 12.7 Å². The van der Waals surface area contributed by atoms with Crippen molar-refractivity contribution in [3.05, 3.63) is 35.9 Å². The van der Waals surface area contributed by atoms with E-state index in [4.69, 9.17) is 10.5 Å². The first kappa shape index (κ1) is 16.7. The highest BCUT2D eigenvalue weighted by atomic mass is 16.5. The van der Waals surface area contributed by atoms with Gasteiger partial charge in [0.1, 0.15) is 0 Å². The average Bonchev–Trinajstić information content (AvgIpc) is 2.50. The molecule has 1 rings (SSSR count). The predicted octanol–water partition coefficient (Wildman–Crippen LogP) is 3.74. The summed E-state index contributed by atoms with van der Waals surface area (Å²) in [5, 5.41) is 9.28. The molecule has 20 heavy (non-hydrogen) atoms. The summed E-state index contributed by atoms with van der Waals surface area (Å²) < 4.78 is 5.60. The number of nitrogens with zero attached hydrogens (tertiary/aromatic N) is 1. The summed E-state index contributed by atoms with van der Waals surface area (Å²) in [6.07, 6.45) is 7.39. The van der Waals surface area contributed by atoms with Crippen molar-refractivity contribution in [2.45, 2.75) is 51.0 Å². The predicted molar refractivity (Wildman–Crippen MR) is 82.1 cm³/mol. The van der Waals surface area contributed by atoms with Crippen molar-refractivity contribution < 1.29 is 4.74 Å². The van der Waals surface area contributed by atoms with E-state index in [1.165, 1.54) is 32.1 Å². The molecule has 110 valence electrons. The molecule has 2 N–H and O–H groups in total. The van der Waals surface area contributed by atoms with Crippen LogP contribution in [0, 0.1) is 11.3 Å². The number of ether oxygens (including phenoxy) is 1. The maximum Gasteiger partial charge on any atom is 0.153 e. The second kappa shape index (κ2) is 9.52. The fourth-order valence-electron chi connectivity index (χ4n) is 2.13. The van der Waals surface area contributed by atoms with Crippen LogP contribution in [0.4, 0.5) is 0 Å². The molecular formula is C17H26N2O. The summed E-state index contributed by atoms with van der Waals surface area (Å²) in [6.45, 7) is 3.15. The van der Waals surface area contributed by atoms with Crippen molar-refractivity contribution in [3.8, 4) is 6.07 Å². The molecule has 0 fully saturated rings. The largest absolute Gasteiger partial charge is 0.378 e. The van der Waals surface area contributed by atoms with Crippen molar-refractivity contribution in [2.24, 2.45) is 5.73 Å². The number of benzene rings is 1. The van der Waals surface area contributed by atoms with Crippen LogP contribution in [-0.2, 0) is 10.3 Å². The summed E-state index contributed by atoms with van der Waals surface area (Å²) in [7, 11) is 0. The lowest BCUT2D eigenvalue weighted by molar-refractivity contribution is 0.0988. The summed E-state index contributed by atoms with van der Waals surface area (Å²) in [5.41, 5.74) is 5.89. The van der Waals surface area contributed by atoms with Gasteiger partial charge in [-0.25, -0.2) is 0 Å². The molecule has 0 aliphatic heterocycles. The lowest BCUT2D eigenvalue weighted by atomic mass is 9.94. The zero-order valence-electron chi connectivity index (χ0n) is 12.5. The van der Waals surface area contributed by atoms with Crippen LogP contribution >= 0.6 is 0 Å². The fraction of sp³-hybridized carbons (Fsp3) is 0.588. The number of hydrogen-bond acceptors (Lipinski definition) is 3. The van der Waals surface area contributed by atoms with Gasteiger partial charge >= 0.3 is 0 Å². The second-order valence-corrected chi connectivity index (χ2v) is 5.27. The van der Waals surface area contributed by atoms with Gasteiger partial charge < -0.3 is 10.5 Å². The Morgan fingerprint density at radius 2 is 1.75 bits per heavy atom. The summed E-state index contributed by atoms with van der Waals surface area (Å²) in [5.74, 6) is 0. The normalized spacial score (nSPS) is 13.7. The number of hydrogen-bond donors (Lipinski definition) is 1. The van der Waals surface area contributed by atoms with E-state index >= 15 is 0 Å². The molecule has 0 heterocycles. The molecule has 3 nitrogen and oxygen atoms in total. The van der Waals surface area contributed by atoms with Crippen molar-refractivity contribution in [3.63, 3.8) is 0 Å². The first-order valence-corrected chi connectivity index (χ1v) is 7.56. The molecule has 0 aromatic heterocycles. The van der Waals surface area contributed by atoms with Crippen LogP contribution in [0.5, 0.6) is 0 Å². The lowest BCUT2D eigenvalue weighted by Crippen LogP contribution is -2.40. The van der Waals surface area contributed by atoms with Crippen molar-refractivity contribution in [2.75, 3.05) is 13.2 Å². The van der Waals surface area contributed by atoms with Gasteiger partial charge in [-0.3, -0.25) is 0 Å². The topological polar surface area (TPSA) is 59.0 Å². The second-order valence-electron chi connectivity index (χ2n) is 5.27. The Labute approximate surface area is 122 Å². The maximum absolute atomic E-state index is 9.28. The maximum atomic E-state index is 9.28. The van der Waals surface area contributed by atoms with Crippen LogP contribution in [0.25, 0.3) is 0 Å². The van der Waals surface area contributed by atoms with E-state index in [9.17, 15) is 5.26 Å². The molecule has 1 atom stereocenters. The average molecular weight is 274 g/mol. The van der Waals surface area contributed by atoms with Crippen LogP contribution in [0.15, 0.2) is 30.3 Å². The number of unbranched alkanes of at least 4 members (excludes halogenated alkanes) is 5. The van der Waals surface area contributed by atoms with Gasteiger partial charge in [-0.15, -0.1) is 0 Å². The molecule has 0 amide bonds. The molecule has 0 saturated heterocycles. The minimum atomic E-state index is -1.04. The molecule has 0 bridgehead atoms. The third-order valence-electron chi connectivity index (χ3n) is 3.46. The Morgan fingerprint density at radius 1 is 1.10 bits per heavy atom. The Hall–Kier alpha value is -1.37. The Kier molecular flexibility index (Phi) is 7.94. The van der Waals surface area contributed by atoms with Crippen LogP contribution in [0.2, 0.25) is 0 Å². The molecule has 0 aliphatic rings. The van der Waals surface area contributed by atoms with Crippen LogP contribution in [0.3, 0.4) is 0 Å². The molecule has 3 heteroatoms. The van der Waals surface area contributed by atoms with E-state index in [-0.39, 0.29) is 6.61 Å². The number of nitrogens with two attached hydrogens (primary N) is 1. The van der Waals surface area contributed by atoms with Gasteiger partial charge in [0.25, 0.3) is 0 Å². The minimum absolute atomic E-state index is 0.252. The highest BCUT2D eigenvalue weighted by Gasteiger charge is 2.27. The Bertz CT molecular complexity index is 399. The summed E-state index contributed by atoms with van der Waals surface area (Å²) in [4.78, 5) is 0. The van der Waals surface area contributed by atoms with Crippen molar-refractivity contribution >= 4 is 0 Å². The van der Waals surface area contributed by atoms with Crippen LogP contribution in [-0.4, -0.2) is 13.2 Å². The molecule has 0 spiro atoms. The van der Waals surface area contributed by atoms with E-state index in [0.717, 1.165) is 12.0 Å². The molecule has 0 radical (unpaired) electrons. The van der Waals surface area contributed by atoms with Gasteiger partial charge in [0.15, 0.2) is 5.54 Å². The van der Waals surface area contributed by atoms with Gasteiger partial charge in [0, 0.05) is 6.61 Å².